The van der Waals surface area contributed by atoms with Crippen molar-refractivity contribution >= 4 is 23.0 Å². The number of likely N-dealkylation sites (tertiary alicyclic amines) is 1. The Morgan fingerprint density at radius 3 is 2.28 bits per heavy atom. The molecule has 0 unspecified atom stereocenters. The maximum Gasteiger partial charge on any atom is 0.173 e. The van der Waals surface area contributed by atoms with Crippen molar-refractivity contribution in [1.82, 2.24) is 4.90 Å². The van der Waals surface area contributed by atoms with Crippen LogP contribution >= 0.6 is 12.2 Å². The molecule has 0 aliphatic carbocycles. The molecule has 0 bridgehead atoms. The van der Waals surface area contributed by atoms with Gasteiger partial charge in [0.05, 0.1) is 0 Å². The normalized spacial score (nSPS) is 23.8. The third kappa shape index (κ3) is 3.45. The lowest BCUT2D eigenvalue weighted by atomic mass is 9.92. The molecule has 1 N–H and O–H groups in total. The molecule has 0 radical (unpaired) electrons. The minimum atomic E-state index is 0.728. The minimum Gasteiger partial charge on any atom is -0.348 e. The van der Waals surface area contributed by atoms with Crippen molar-refractivity contribution in [3.63, 3.8) is 0 Å². The van der Waals surface area contributed by atoms with Crippen LogP contribution in [0.1, 0.15) is 25.8 Å². The standard InChI is InChI=1S/C15H22N2S/c1-11-4-6-14(7-5-11)16-15(18)17-9-12(2)8-13(3)10-17/h4-7,12-13H,8-10H2,1-3H3,(H,16,18)/t12-,13-/m1/s1. The van der Waals surface area contributed by atoms with Gasteiger partial charge >= 0.3 is 0 Å². The van der Waals surface area contributed by atoms with Gasteiger partial charge in [-0.1, -0.05) is 31.5 Å². The number of nitrogens with zero attached hydrogens (tertiary/aromatic N) is 1. The lowest BCUT2D eigenvalue weighted by Crippen LogP contribution is -2.44. The molecule has 2 rings (SSSR count). The maximum atomic E-state index is 5.51. The topological polar surface area (TPSA) is 15.3 Å². The molecule has 0 saturated carbocycles. The van der Waals surface area contributed by atoms with Gasteiger partial charge in [-0.25, -0.2) is 0 Å². The second kappa shape index (κ2) is 5.70. The average Bonchev–Trinajstić information content (AvgIpc) is 2.31. The van der Waals surface area contributed by atoms with Crippen LogP contribution in [0.4, 0.5) is 5.69 Å². The fourth-order valence-corrected chi connectivity index (χ4v) is 2.94. The summed E-state index contributed by atoms with van der Waals surface area (Å²) in [6, 6.07) is 8.37. The fourth-order valence-electron chi connectivity index (χ4n) is 2.67. The number of rotatable bonds is 1. The van der Waals surface area contributed by atoms with Gasteiger partial charge in [0.25, 0.3) is 0 Å². The van der Waals surface area contributed by atoms with E-state index in [9.17, 15) is 0 Å². The SMILES string of the molecule is Cc1ccc(NC(=S)N2C[C@H](C)C[C@@H](C)C2)cc1. The zero-order valence-electron chi connectivity index (χ0n) is 11.4. The molecule has 1 heterocycles. The largest absolute Gasteiger partial charge is 0.348 e. The first-order valence-corrected chi connectivity index (χ1v) is 7.08. The van der Waals surface area contributed by atoms with Crippen molar-refractivity contribution in [2.45, 2.75) is 27.2 Å². The zero-order valence-corrected chi connectivity index (χ0v) is 12.3. The molecule has 0 spiro atoms. The number of aryl methyl sites for hydroxylation is 1. The monoisotopic (exact) mass is 262 g/mol. The molecular weight excluding hydrogens is 240 g/mol. The third-order valence-corrected chi connectivity index (χ3v) is 3.82. The van der Waals surface area contributed by atoms with Gasteiger partial charge in [0.2, 0.25) is 0 Å². The average molecular weight is 262 g/mol. The summed E-state index contributed by atoms with van der Waals surface area (Å²) in [6.07, 6.45) is 1.31. The molecule has 0 amide bonds. The van der Waals surface area contributed by atoms with Crippen molar-refractivity contribution in [3.8, 4) is 0 Å². The molecule has 1 aliphatic heterocycles. The summed E-state index contributed by atoms with van der Waals surface area (Å²) >= 11 is 5.51. The summed E-state index contributed by atoms with van der Waals surface area (Å²) in [7, 11) is 0. The first-order valence-electron chi connectivity index (χ1n) is 6.67. The Kier molecular flexibility index (Phi) is 4.23. The van der Waals surface area contributed by atoms with Crippen LogP contribution in [0, 0.1) is 18.8 Å². The zero-order chi connectivity index (χ0) is 13.1. The number of piperidine rings is 1. The van der Waals surface area contributed by atoms with Crippen LogP contribution in [0.15, 0.2) is 24.3 Å². The van der Waals surface area contributed by atoms with Crippen molar-refractivity contribution in [3.05, 3.63) is 29.8 Å². The van der Waals surface area contributed by atoms with Gasteiger partial charge in [-0.3, -0.25) is 0 Å². The van der Waals surface area contributed by atoms with Crippen LogP contribution < -0.4 is 5.32 Å². The number of hydrogen-bond acceptors (Lipinski definition) is 1. The Bertz CT molecular complexity index is 403. The lowest BCUT2D eigenvalue weighted by molar-refractivity contribution is 0.216. The summed E-state index contributed by atoms with van der Waals surface area (Å²) in [5, 5.41) is 4.20. The highest BCUT2D eigenvalue weighted by Crippen LogP contribution is 2.21. The molecule has 1 fully saturated rings. The van der Waals surface area contributed by atoms with Crippen molar-refractivity contribution in [2.24, 2.45) is 11.8 Å². The van der Waals surface area contributed by atoms with Gasteiger partial charge in [-0.05, 0) is 49.5 Å². The molecule has 2 nitrogen and oxygen atoms in total. The van der Waals surface area contributed by atoms with Crippen LogP contribution in [0.2, 0.25) is 0 Å². The van der Waals surface area contributed by atoms with Crippen molar-refractivity contribution in [1.29, 1.82) is 0 Å². The van der Waals surface area contributed by atoms with E-state index in [4.69, 9.17) is 12.2 Å². The first kappa shape index (κ1) is 13.3. The van der Waals surface area contributed by atoms with E-state index in [0.717, 1.165) is 35.7 Å². The number of anilines is 1. The van der Waals surface area contributed by atoms with Gasteiger partial charge < -0.3 is 10.2 Å². The molecule has 3 heteroatoms. The maximum absolute atomic E-state index is 5.51. The summed E-state index contributed by atoms with van der Waals surface area (Å²) in [6.45, 7) is 8.84. The van der Waals surface area contributed by atoms with E-state index in [2.05, 4.69) is 55.3 Å². The van der Waals surface area contributed by atoms with Gasteiger partial charge in [0, 0.05) is 18.8 Å². The predicted molar refractivity (Wildman–Crippen MR) is 81.9 cm³/mol. The van der Waals surface area contributed by atoms with E-state index in [0.29, 0.717) is 0 Å². The number of thiocarbonyl (C=S) groups is 1. The van der Waals surface area contributed by atoms with Crippen LogP contribution in [0.25, 0.3) is 0 Å². The molecule has 18 heavy (non-hydrogen) atoms. The minimum absolute atomic E-state index is 0.728. The number of benzene rings is 1. The first-order chi connectivity index (χ1) is 8.54. The van der Waals surface area contributed by atoms with Gasteiger partial charge in [-0.2, -0.15) is 0 Å². The summed E-state index contributed by atoms with van der Waals surface area (Å²) in [5.74, 6) is 1.46. The van der Waals surface area contributed by atoms with Gasteiger partial charge in [0.1, 0.15) is 0 Å². The molecule has 98 valence electrons. The van der Waals surface area contributed by atoms with Crippen LogP contribution in [0.5, 0.6) is 0 Å². The third-order valence-electron chi connectivity index (χ3n) is 3.46. The molecule has 1 saturated heterocycles. The summed E-state index contributed by atoms with van der Waals surface area (Å²) in [5.41, 5.74) is 2.35. The van der Waals surface area contributed by atoms with Crippen molar-refractivity contribution < 1.29 is 0 Å². The van der Waals surface area contributed by atoms with Crippen LogP contribution in [0.3, 0.4) is 0 Å². The van der Waals surface area contributed by atoms with E-state index in [1.54, 1.807) is 0 Å². The molecule has 1 aromatic rings. The van der Waals surface area contributed by atoms with E-state index in [1.807, 2.05) is 0 Å². The highest BCUT2D eigenvalue weighted by atomic mass is 32.1. The Morgan fingerprint density at radius 1 is 1.17 bits per heavy atom. The molecule has 1 aliphatic rings. The summed E-state index contributed by atoms with van der Waals surface area (Å²) in [4.78, 5) is 2.30. The highest BCUT2D eigenvalue weighted by molar-refractivity contribution is 7.80. The van der Waals surface area contributed by atoms with Gasteiger partial charge in [0.15, 0.2) is 5.11 Å². The Labute approximate surface area is 115 Å². The van der Waals surface area contributed by atoms with Crippen molar-refractivity contribution in [2.75, 3.05) is 18.4 Å². The Morgan fingerprint density at radius 2 is 1.72 bits per heavy atom. The van der Waals surface area contributed by atoms with E-state index >= 15 is 0 Å². The van der Waals surface area contributed by atoms with E-state index in [1.165, 1.54) is 12.0 Å². The van der Waals surface area contributed by atoms with E-state index < -0.39 is 0 Å². The second-order valence-electron chi connectivity index (χ2n) is 5.65. The van der Waals surface area contributed by atoms with E-state index in [-0.39, 0.29) is 0 Å². The molecule has 2 atom stereocenters. The van der Waals surface area contributed by atoms with Crippen LogP contribution in [-0.2, 0) is 0 Å². The predicted octanol–water partition coefficient (Wildman–Crippen LogP) is 3.67. The highest BCUT2D eigenvalue weighted by Gasteiger charge is 2.23. The fraction of sp³-hybridized carbons (Fsp3) is 0.533. The molecular formula is C15H22N2S. The quantitative estimate of drug-likeness (QED) is 0.777. The Balaban J connectivity index is 1.97. The smallest absolute Gasteiger partial charge is 0.173 e. The lowest BCUT2D eigenvalue weighted by Gasteiger charge is -2.36. The van der Waals surface area contributed by atoms with Crippen LogP contribution in [-0.4, -0.2) is 23.1 Å². The molecule has 0 aromatic heterocycles. The second-order valence-corrected chi connectivity index (χ2v) is 6.03. The summed E-state index contributed by atoms with van der Waals surface area (Å²) < 4.78 is 0. The Hall–Kier alpha value is -1.09. The van der Waals surface area contributed by atoms with Gasteiger partial charge in [-0.15, -0.1) is 0 Å². The molecule has 1 aromatic carbocycles. The number of hydrogen-bond donors (Lipinski definition) is 1. The number of nitrogens with one attached hydrogen (secondary N) is 1.